The summed E-state index contributed by atoms with van der Waals surface area (Å²) in [5.74, 6) is 8.00. The van der Waals surface area contributed by atoms with Gasteiger partial charge in [-0.25, -0.2) is 0 Å². The van der Waals surface area contributed by atoms with Gasteiger partial charge >= 0.3 is 0 Å². The lowest BCUT2D eigenvalue weighted by Gasteiger charge is -2.01. The van der Waals surface area contributed by atoms with Gasteiger partial charge in [-0.15, -0.1) is 0 Å². The standard InChI is InChI=1S/2C13H9NO.H4N2/c2*15-11-5-1-3-9-6-7-10-4-2-8-14-13(10)12(9)11;1-2/h2*1-8,14H;1-2H2. The van der Waals surface area contributed by atoms with E-state index >= 15 is 0 Å². The van der Waals surface area contributed by atoms with Crippen molar-refractivity contribution < 1.29 is 0 Å². The lowest BCUT2D eigenvalue weighted by molar-refractivity contribution is 1.26. The van der Waals surface area contributed by atoms with E-state index < -0.39 is 0 Å². The van der Waals surface area contributed by atoms with Crippen LogP contribution in [0.5, 0.6) is 0 Å². The molecular weight excluding hydrogens is 400 g/mol. The summed E-state index contributed by atoms with van der Waals surface area (Å²) in [6, 6.07) is 26.6. The van der Waals surface area contributed by atoms with Crippen molar-refractivity contribution in [2.45, 2.75) is 0 Å². The average molecular weight is 422 g/mol. The zero-order valence-corrected chi connectivity index (χ0v) is 17.2. The van der Waals surface area contributed by atoms with E-state index in [1.807, 2.05) is 73.1 Å². The van der Waals surface area contributed by atoms with Crippen LogP contribution in [-0.4, -0.2) is 9.97 Å². The molecule has 158 valence electrons. The van der Waals surface area contributed by atoms with Crippen molar-refractivity contribution in [3.63, 3.8) is 0 Å². The number of hydrogen-bond acceptors (Lipinski definition) is 4. The molecule has 0 aliphatic heterocycles. The van der Waals surface area contributed by atoms with Gasteiger partial charge in [0.1, 0.15) is 0 Å². The van der Waals surface area contributed by atoms with Gasteiger partial charge in [0.2, 0.25) is 0 Å². The first kappa shape index (κ1) is 21.0. The number of aromatic amines is 2. The summed E-state index contributed by atoms with van der Waals surface area (Å²) in [6.07, 6.45) is 3.68. The van der Waals surface area contributed by atoms with Crippen LogP contribution in [0.25, 0.3) is 43.4 Å². The van der Waals surface area contributed by atoms with Crippen LogP contribution in [-0.2, 0) is 0 Å². The molecule has 6 heteroatoms. The largest absolute Gasteiger partial charge is 0.361 e. The van der Waals surface area contributed by atoms with Crippen molar-refractivity contribution in [1.82, 2.24) is 9.97 Å². The molecule has 0 spiro atoms. The van der Waals surface area contributed by atoms with E-state index in [-0.39, 0.29) is 10.9 Å². The maximum Gasteiger partial charge on any atom is 0.188 e. The van der Waals surface area contributed by atoms with Crippen molar-refractivity contribution in [3.05, 3.63) is 118 Å². The van der Waals surface area contributed by atoms with Crippen LogP contribution < -0.4 is 22.5 Å². The second-order valence-electron chi connectivity index (χ2n) is 7.11. The third kappa shape index (κ3) is 3.88. The Balaban J connectivity index is 0.000000142. The molecule has 0 radical (unpaired) electrons. The highest BCUT2D eigenvalue weighted by atomic mass is 16.1. The second-order valence-corrected chi connectivity index (χ2v) is 7.11. The Morgan fingerprint density at radius 2 is 0.844 bits per heavy atom. The first-order valence-corrected chi connectivity index (χ1v) is 10.0. The van der Waals surface area contributed by atoms with Crippen LogP contribution in [0.1, 0.15) is 0 Å². The van der Waals surface area contributed by atoms with E-state index in [9.17, 15) is 9.59 Å². The Kier molecular flexibility index (Phi) is 6.07. The van der Waals surface area contributed by atoms with Crippen LogP contribution in [0.3, 0.4) is 0 Å². The van der Waals surface area contributed by atoms with Crippen molar-refractivity contribution in [1.29, 1.82) is 0 Å². The predicted molar refractivity (Wildman–Crippen MR) is 133 cm³/mol. The number of aromatic nitrogens is 2. The Hall–Kier alpha value is -4.26. The van der Waals surface area contributed by atoms with Crippen LogP contribution in [0.4, 0.5) is 0 Å². The lowest BCUT2D eigenvalue weighted by atomic mass is 10.1. The fourth-order valence-electron chi connectivity index (χ4n) is 3.88. The number of nitrogens with two attached hydrogens (primary N) is 2. The van der Waals surface area contributed by atoms with Crippen LogP contribution in [0.2, 0.25) is 0 Å². The molecule has 0 atom stereocenters. The topological polar surface area (TPSA) is 118 Å². The third-order valence-electron chi connectivity index (χ3n) is 5.28. The van der Waals surface area contributed by atoms with Gasteiger partial charge in [0, 0.05) is 12.4 Å². The van der Waals surface area contributed by atoms with Crippen molar-refractivity contribution >= 4 is 43.4 Å². The number of nitrogens with one attached hydrogen (secondary N) is 2. The molecule has 0 saturated heterocycles. The number of pyridine rings is 2. The highest BCUT2D eigenvalue weighted by Crippen LogP contribution is 2.21. The molecule has 0 unspecified atom stereocenters. The average Bonchev–Trinajstić information content (AvgIpc) is 2.85. The molecule has 0 aliphatic carbocycles. The number of hydrogen-bond donors (Lipinski definition) is 4. The minimum Gasteiger partial charge on any atom is -0.361 e. The molecule has 0 fully saturated rings. The summed E-state index contributed by atoms with van der Waals surface area (Å²) in [6.45, 7) is 0. The quantitative estimate of drug-likeness (QED) is 0.167. The van der Waals surface area contributed by atoms with Gasteiger partial charge in [-0.2, -0.15) is 0 Å². The molecule has 6 nitrogen and oxygen atoms in total. The summed E-state index contributed by atoms with van der Waals surface area (Å²) >= 11 is 0. The summed E-state index contributed by atoms with van der Waals surface area (Å²) in [5.41, 5.74) is 1.97. The minimum absolute atomic E-state index is 0.0700. The van der Waals surface area contributed by atoms with E-state index in [1.54, 1.807) is 24.3 Å². The summed E-state index contributed by atoms with van der Waals surface area (Å²) < 4.78 is 0. The molecule has 4 aromatic carbocycles. The highest BCUT2D eigenvalue weighted by Gasteiger charge is 2.03. The third-order valence-corrected chi connectivity index (χ3v) is 5.28. The van der Waals surface area contributed by atoms with E-state index in [0.717, 1.165) is 43.4 Å². The molecule has 6 rings (SSSR count). The van der Waals surface area contributed by atoms with Gasteiger partial charge in [0.15, 0.2) is 10.9 Å². The second kappa shape index (κ2) is 9.26. The Morgan fingerprint density at radius 3 is 1.28 bits per heavy atom. The molecule has 0 bridgehead atoms. The Bertz CT molecular complexity index is 1530. The van der Waals surface area contributed by atoms with Gasteiger partial charge in [-0.3, -0.25) is 21.3 Å². The Morgan fingerprint density at radius 1 is 0.469 bits per heavy atom. The number of rotatable bonds is 0. The number of hydrazine groups is 1. The van der Waals surface area contributed by atoms with E-state index in [0.29, 0.717) is 0 Å². The first-order valence-electron chi connectivity index (χ1n) is 10.0. The fourth-order valence-corrected chi connectivity index (χ4v) is 3.88. The van der Waals surface area contributed by atoms with E-state index in [2.05, 4.69) is 21.7 Å². The van der Waals surface area contributed by atoms with Gasteiger partial charge in [0.25, 0.3) is 0 Å². The van der Waals surface area contributed by atoms with E-state index in [1.165, 1.54) is 0 Å². The lowest BCUT2D eigenvalue weighted by Crippen LogP contribution is -2.02. The van der Waals surface area contributed by atoms with Gasteiger partial charge in [-0.1, -0.05) is 60.7 Å². The van der Waals surface area contributed by atoms with Gasteiger partial charge in [-0.05, 0) is 45.8 Å². The van der Waals surface area contributed by atoms with Crippen molar-refractivity contribution in [2.75, 3.05) is 0 Å². The summed E-state index contributed by atoms with van der Waals surface area (Å²) in [7, 11) is 0. The summed E-state index contributed by atoms with van der Waals surface area (Å²) in [4.78, 5) is 29.8. The number of fused-ring (bicyclic) bond motifs is 6. The minimum atomic E-state index is 0.0700. The first-order chi connectivity index (χ1) is 15.7. The van der Waals surface area contributed by atoms with Crippen LogP contribution in [0, 0.1) is 0 Å². The molecule has 0 amide bonds. The van der Waals surface area contributed by atoms with Crippen molar-refractivity contribution in [3.8, 4) is 0 Å². The Labute approximate surface area is 183 Å². The molecule has 2 aromatic heterocycles. The molecule has 0 aliphatic rings. The van der Waals surface area contributed by atoms with Gasteiger partial charge in [0.05, 0.1) is 21.8 Å². The molecule has 6 N–H and O–H groups in total. The monoisotopic (exact) mass is 422 g/mol. The molecular formula is C26H22N4O2. The molecule has 2 heterocycles. The zero-order valence-electron chi connectivity index (χ0n) is 17.2. The molecule has 6 aromatic rings. The molecule has 0 saturated carbocycles. The normalized spacial score (nSPS) is 10.4. The maximum atomic E-state index is 11.8. The predicted octanol–water partition coefficient (Wildman–Crippen LogP) is 4.18. The SMILES string of the molecule is NN.O=c1cccc2ccc3ccc[nH]c3c12.O=c1cccc2ccc3ccc[nH]c3c12. The fraction of sp³-hybridized carbons (Fsp3) is 0. The zero-order chi connectivity index (χ0) is 22.5. The van der Waals surface area contributed by atoms with E-state index in [4.69, 9.17) is 0 Å². The maximum absolute atomic E-state index is 11.8. The molecule has 32 heavy (non-hydrogen) atoms. The summed E-state index contributed by atoms with van der Waals surface area (Å²) in [5, 5.41) is 5.64. The highest BCUT2D eigenvalue weighted by molar-refractivity contribution is 6.05. The van der Waals surface area contributed by atoms with Crippen LogP contribution in [0.15, 0.2) is 107 Å². The number of benzene rings is 4. The van der Waals surface area contributed by atoms with Gasteiger partial charge < -0.3 is 9.97 Å². The van der Waals surface area contributed by atoms with Crippen molar-refractivity contribution in [2.24, 2.45) is 11.7 Å². The number of H-pyrrole nitrogens is 2. The smallest absolute Gasteiger partial charge is 0.188 e. The van der Waals surface area contributed by atoms with Crippen LogP contribution >= 0.6 is 0 Å².